The molecular weight excluding hydrogens is 1170 g/mol. The number of aliphatic carboxylic acids is 2. The molecule has 88 heavy (non-hydrogen) atoms. The predicted octanol–water partition coefficient (Wildman–Crippen LogP) is -6.59. The molecule has 16 N–H and O–H groups in total. The summed E-state index contributed by atoms with van der Waals surface area (Å²) in [5, 5.41) is 82.7. The molecule has 10 atom stereocenters. The van der Waals surface area contributed by atoms with Crippen molar-refractivity contribution in [1.82, 2.24) is 45.5 Å². The van der Waals surface area contributed by atoms with Gasteiger partial charge >= 0.3 is 11.9 Å². The van der Waals surface area contributed by atoms with E-state index in [2.05, 4.69) is 47.2 Å². The molecule has 2 aliphatic rings. The van der Waals surface area contributed by atoms with Gasteiger partial charge < -0.3 is 117 Å². The molecule has 2 aromatic heterocycles. The van der Waals surface area contributed by atoms with Crippen LogP contribution < -0.4 is 33.6 Å². The van der Waals surface area contributed by atoms with Crippen molar-refractivity contribution in [3.05, 3.63) is 47.5 Å². The van der Waals surface area contributed by atoms with Crippen LogP contribution in [0.25, 0.3) is 0 Å². The number of aromatic nitrogens is 6. The highest BCUT2D eigenvalue weighted by Crippen LogP contribution is 2.35. The van der Waals surface area contributed by atoms with Crippen LogP contribution in [0, 0.1) is 24.2 Å². The minimum atomic E-state index is -1.72. The second kappa shape index (κ2) is 38.1. The fourth-order valence-electron chi connectivity index (χ4n) is 9.00. The maximum Gasteiger partial charge on any atom is 0.370 e. The highest BCUT2D eigenvalue weighted by molar-refractivity contribution is 5.86. The highest BCUT2D eigenvalue weighted by atomic mass is 16.6. The Bertz CT molecular complexity index is 2600. The summed E-state index contributed by atoms with van der Waals surface area (Å²) >= 11 is 0. The normalized spacial score (nSPS) is 19.4. The van der Waals surface area contributed by atoms with E-state index < -0.39 is 134 Å². The van der Waals surface area contributed by atoms with Gasteiger partial charge in [0.05, 0.1) is 117 Å². The molecule has 3 amide bonds. The Morgan fingerprint density at radius 2 is 1.07 bits per heavy atom. The number of terminal acetylenes is 1. The Morgan fingerprint density at radius 1 is 0.670 bits per heavy atom. The first kappa shape index (κ1) is 72.2. The quantitative estimate of drug-likeness (QED) is 0.0127. The Morgan fingerprint density at radius 3 is 1.43 bits per heavy atom. The van der Waals surface area contributed by atoms with E-state index in [4.69, 9.17) is 67.3 Å². The molecule has 0 fully saturated rings. The number of aliphatic hydroxyl groups excluding tert-OH is 4. The lowest BCUT2D eigenvalue weighted by molar-refractivity contribution is -0.162. The van der Waals surface area contributed by atoms with Crippen molar-refractivity contribution >= 4 is 53.1 Å². The van der Waals surface area contributed by atoms with E-state index in [0.29, 0.717) is 37.8 Å². The summed E-state index contributed by atoms with van der Waals surface area (Å²) in [6.45, 7) is 1.06. The third-order valence-corrected chi connectivity index (χ3v) is 12.9. The van der Waals surface area contributed by atoms with Crippen LogP contribution in [-0.4, -0.2) is 260 Å². The Labute approximate surface area is 504 Å². The first-order chi connectivity index (χ1) is 42.0. The van der Waals surface area contributed by atoms with E-state index in [-0.39, 0.29) is 102 Å². The van der Waals surface area contributed by atoms with Crippen LogP contribution in [0.4, 0.5) is 0 Å². The summed E-state index contributed by atoms with van der Waals surface area (Å²) in [6.07, 6.45) is 0.414. The summed E-state index contributed by atoms with van der Waals surface area (Å²) < 4.78 is 47.2. The summed E-state index contributed by atoms with van der Waals surface area (Å²) in [4.78, 5) is 98.0. The molecule has 0 radical (unpaired) electrons. The Balaban J connectivity index is 1.37. The van der Waals surface area contributed by atoms with Gasteiger partial charge in [-0.1, -0.05) is 16.3 Å². The van der Waals surface area contributed by atoms with Crippen LogP contribution in [0.15, 0.2) is 46.0 Å². The number of nitrogens with one attached hydrogen (secondary N) is 2. The zero-order valence-corrected chi connectivity index (χ0v) is 48.7. The van der Waals surface area contributed by atoms with Gasteiger partial charge in [0.15, 0.2) is 11.9 Å². The molecule has 488 valence electrons. The number of aliphatic hydroxyl groups is 4. The molecule has 0 aliphatic carbocycles. The van der Waals surface area contributed by atoms with Crippen LogP contribution >= 0.6 is 0 Å². The van der Waals surface area contributed by atoms with E-state index >= 15 is 0 Å². The van der Waals surface area contributed by atoms with E-state index in [1.807, 2.05) is 0 Å². The van der Waals surface area contributed by atoms with Gasteiger partial charge in [-0.15, -0.1) is 16.6 Å². The van der Waals surface area contributed by atoms with Crippen molar-refractivity contribution in [3.8, 4) is 12.3 Å². The number of rotatable bonds is 43. The van der Waals surface area contributed by atoms with Gasteiger partial charge in [0.2, 0.25) is 29.2 Å². The van der Waals surface area contributed by atoms with Crippen molar-refractivity contribution in [1.29, 1.82) is 0 Å². The second-order valence-electron chi connectivity index (χ2n) is 19.9. The van der Waals surface area contributed by atoms with Crippen molar-refractivity contribution in [2.75, 3.05) is 92.4 Å². The minimum Gasteiger partial charge on any atom is -0.480 e. The molecule has 4 heterocycles. The fraction of sp³-hybridized carbons (Fsp3) is 0.635. The lowest BCUT2D eigenvalue weighted by Crippen LogP contribution is -2.53. The van der Waals surface area contributed by atoms with Gasteiger partial charge in [0.25, 0.3) is 0 Å². The van der Waals surface area contributed by atoms with E-state index in [0.717, 1.165) is 12.2 Å². The van der Waals surface area contributed by atoms with Crippen molar-refractivity contribution in [3.63, 3.8) is 0 Å². The minimum absolute atomic E-state index is 0.0183. The average Bonchev–Trinajstić information content (AvgIpc) is 1.41. The molecule has 0 saturated heterocycles. The van der Waals surface area contributed by atoms with Crippen molar-refractivity contribution in [2.45, 2.75) is 108 Å². The number of guanidine groups is 2. The maximum atomic E-state index is 13.8. The summed E-state index contributed by atoms with van der Waals surface area (Å²) in [5.74, 6) is -7.27. The molecule has 0 aromatic carbocycles. The number of aliphatic imine (C=N–C) groups is 2. The topological polar surface area (TPSA) is 532 Å². The van der Waals surface area contributed by atoms with Crippen LogP contribution in [0.3, 0.4) is 0 Å². The smallest absolute Gasteiger partial charge is 0.370 e. The highest BCUT2D eigenvalue weighted by Gasteiger charge is 2.47. The average molecular weight is 1250 g/mol. The second-order valence-corrected chi connectivity index (χ2v) is 19.9. The molecule has 1 unspecified atom stereocenters. The van der Waals surface area contributed by atoms with Gasteiger partial charge in [-0.3, -0.25) is 23.7 Å². The zero-order valence-electron chi connectivity index (χ0n) is 48.7. The first-order valence-electron chi connectivity index (χ1n) is 27.6. The molecule has 0 bridgehead atoms. The lowest BCUT2D eigenvalue weighted by atomic mass is 9.82. The number of carboxylic acid groups (broad SMARTS) is 2. The molecule has 4 rings (SSSR count). The van der Waals surface area contributed by atoms with E-state index in [1.165, 1.54) is 40.5 Å². The monoisotopic (exact) mass is 1250 g/mol. The largest absolute Gasteiger partial charge is 0.480 e. The van der Waals surface area contributed by atoms with Crippen LogP contribution in [0.5, 0.6) is 0 Å². The van der Waals surface area contributed by atoms with Gasteiger partial charge in [0, 0.05) is 37.8 Å². The van der Waals surface area contributed by atoms with Crippen LogP contribution in [0.1, 0.15) is 44.5 Å². The molecular formula is C52H79N15O21. The van der Waals surface area contributed by atoms with Crippen LogP contribution in [0.2, 0.25) is 0 Å². The Hall–Kier alpha value is -8.25. The lowest BCUT2D eigenvalue weighted by Gasteiger charge is -2.39. The molecule has 36 heteroatoms. The number of hydrogen-bond acceptors (Lipinski definition) is 25. The molecule has 0 saturated carbocycles. The number of Topliss-reactive ketones (excluding diaryl/α,β-unsaturated/α-hetero) is 2. The van der Waals surface area contributed by atoms with Gasteiger partial charge in [-0.05, 0) is 26.0 Å². The van der Waals surface area contributed by atoms with Gasteiger partial charge in [0.1, 0.15) is 79.4 Å². The van der Waals surface area contributed by atoms with Crippen molar-refractivity contribution < 1.29 is 102 Å². The van der Waals surface area contributed by atoms with Gasteiger partial charge in [-0.2, -0.15) is 0 Å². The number of carbonyl (C=O) groups is 7. The molecule has 36 nitrogen and oxygen atoms in total. The SMILES string of the molecule is C#CCOCCOCCOCCOCCC(=O)N(Cc1cn(CCNC(=O)CO[C@@H]([C@@H]2OC(C(=O)O)=C[C@H](N=C(N)N)[C@H]2CC(C)=O)[C@H](O)CO)nn1)Cc1cn(CCNC(=O)CO[C@@H]([C@@H]2OC(C(=O)O)=CC(N=C(N)N)[C@H]2CC(C)=O)[C@H](O)CO)nn1. The predicted molar refractivity (Wildman–Crippen MR) is 301 cm³/mol. The number of ether oxygens (including phenoxy) is 8. The summed E-state index contributed by atoms with van der Waals surface area (Å²) in [7, 11) is 0. The van der Waals surface area contributed by atoms with Crippen molar-refractivity contribution in [2.24, 2.45) is 44.8 Å². The van der Waals surface area contributed by atoms with Crippen LogP contribution in [-0.2, 0) is 97.6 Å². The number of hydrogen-bond donors (Lipinski definition) is 12. The summed E-state index contributed by atoms with van der Waals surface area (Å²) in [5.41, 5.74) is 23.0. The number of carbonyl (C=O) groups excluding carboxylic acids is 5. The standard InChI is InChI=1S/C52H79N15O21/c1-4-10-81-12-14-83-16-17-84-15-13-82-11-5-44(76)65(22-32-24-66(63-61-32)8-6-57-42(74)28-85-47(38(72)26-68)45-34(18-30(2)70)36(59-51(53)54)20-40(87-45)49(77)78)23-33-25-67(64-62-33)9-7-58-43(75)29-86-48(39(73)27-69)46-35(19-31(3)71)37(60-52(55)56)21-41(88-46)50(79)80/h1,20-21,24-25,34-39,45-48,68-69,72-73H,5-19,22-23,26-29H2,2-3H3,(H,57,74)(H,58,75)(H,77,78)(H,79,80)(H4,53,54,59)(H4,55,56,60)/t34-,35-,36+,37?,38-,39-,45-,46-,47-,48-/m1/s1. The van der Waals surface area contributed by atoms with E-state index in [1.54, 1.807) is 0 Å². The number of carboxylic acids is 2. The third kappa shape index (κ3) is 25.2. The maximum absolute atomic E-state index is 13.8. The number of nitrogens with zero attached hydrogens (tertiary/aromatic N) is 9. The first-order valence-corrected chi connectivity index (χ1v) is 27.6. The summed E-state index contributed by atoms with van der Waals surface area (Å²) in [6, 6.07) is -2.23. The third-order valence-electron chi connectivity index (χ3n) is 12.9. The fourth-order valence-corrected chi connectivity index (χ4v) is 9.00. The molecule has 2 aromatic rings. The number of amides is 3. The Kier molecular flexibility index (Phi) is 31.3. The molecule has 2 aliphatic heterocycles. The number of nitrogens with two attached hydrogens (primary N) is 4. The zero-order chi connectivity index (χ0) is 64.7. The number of ketones is 2. The van der Waals surface area contributed by atoms with Gasteiger partial charge in [-0.25, -0.2) is 19.6 Å². The van der Waals surface area contributed by atoms with E-state index in [9.17, 15) is 64.2 Å². The molecule has 0 spiro atoms.